The van der Waals surface area contributed by atoms with E-state index in [1.165, 1.54) is 6.08 Å². The van der Waals surface area contributed by atoms with E-state index in [1.807, 2.05) is 38.1 Å². The molecule has 0 aromatic heterocycles. The van der Waals surface area contributed by atoms with Crippen molar-refractivity contribution >= 4 is 46.9 Å². The van der Waals surface area contributed by atoms with Crippen LogP contribution in [0.2, 0.25) is 5.02 Å². The number of anilines is 2. The highest BCUT2D eigenvalue weighted by Crippen LogP contribution is 2.38. The molecule has 0 spiro atoms. The highest BCUT2D eigenvalue weighted by molar-refractivity contribution is 6.46. The van der Waals surface area contributed by atoms with Gasteiger partial charge in [0, 0.05) is 0 Å². The van der Waals surface area contributed by atoms with Crippen LogP contribution in [0, 0.1) is 6.92 Å². The molecule has 8 heteroatoms. The lowest BCUT2D eigenvalue weighted by Gasteiger charge is -2.34. The first-order valence-electron chi connectivity index (χ1n) is 13.1. The summed E-state index contributed by atoms with van der Waals surface area (Å²) in [5.74, 6) is -0.769. The van der Waals surface area contributed by atoms with Crippen molar-refractivity contribution in [3.63, 3.8) is 0 Å². The molecule has 4 aromatic carbocycles. The average Bonchev–Trinajstić information content (AvgIpc) is 2.97. The number of ether oxygens (including phenoxy) is 2. The van der Waals surface area contributed by atoms with Gasteiger partial charge in [0.1, 0.15) is 12.2 Å². The van der Waals surface area contributed by atoms with Crippen LogP contribution in [0.1, 0.15) is 23.6 Å². The molecule has 4 amide bonds. The van der Waals surface area contributed by atoms with Crippen LogP contribution in [0.3, 0.4) is 0 Å². The molecule has 1 heterocycles. The molecule has 206 valence electrons. The molecule has 7 nitrogen and oxygen atoms in total. The number of hydrogen-bond acceptors (Lipinski definition) is 5. The first-order valence-corrected chi connectivity index (χ1v) is 13.4. The average molecular weight is 567 g/mol. The summed E-state index contributed by atoms with van der Waals surface area (Å²) in [5.41, 5.74) is 3.02. The van der Waals surface area contributed by atoms with E-state index >= 15 is 0 Å². The lowest BCUT2D eigenvalue weighted by Crippen LogP contribution is -2.57. The largest absolute Gasteiger partial charge is 0.490 e. The quantitative estimate of drug-likeness (QED) is 0.166. The van der Waals surface area contributed by atoms with Gasteiger partial charge in [-0.1, -0.05) is 77.8 Å². The zero-order valence-electron chi connectivity index (χ0n) is 22.5. The molecule has 41 heavy (non-hydrogen) atoms. The van der Waals surface area contributed by atoms with Gasteiger partial charge in [0.15, 0.2) is 11.5 Å². The third-order valence-corrected chi connectivity index (χ3v) is 6.71. The second-order valence-corrected chi connectivity index (χ2v) is 9.74. The second-order valence-electron chi connectivity index (χ2n) is 9.33. The van der Waals surface area contributed by atoms with E-state index in [-0.39, 0.29) is 17.2 Å². The second kappa shape index (κ2) is 12.1. The van der Waals surface area contributed by atoms with Gasteiger partial charge in [0.05, 0.1) is 23.0 Å². The summed E-state index contributed by atoms with van der Waals surface area (Å²) in [7, 11) is 0. The fraction of sp³-hybridized carbons (Fsp3) is 0.121. The lowest BCUT2D eigenvalue weighted by molar-refractivity contribution is -0.121. The monoisotopic (exact) mass is 566 g/mol. The standard InChI is InChI=1S/C33H27ClN2O5/c1-3-40-29-20-24(19-28(34)30(29)41-21-23-16-14-22(2)15-17-23)18-27-31(37)35(25-10-6-4-7-11-25)33(39)36(32(27)38)26-12-8-5-9-13-26/h4-20H,3,21H2,1-2H3. The predicted molar refractivity (Wildman–Crippen MR) is 159 cm³/mol. The van der Waals surface area contributed by atoms with Gasteiger partial charge in [-0.2, -0.15) is 0 Å². The van der Waals surface area contributed by atoms with Gasteiger partial charge in [0.25, 0.3) is 11.8 Å². The molecular formula is C33H27ClN2O5. The smallest absolute Gasteiger partial charge is 0.343 e. The molecule has 0 aliphatic carbocycles. The van der Waals surface area contributed by atoms with Crippen molar-refractivity contribution < 1.29 is 23.9 Å². The Morgan fingerprint density at radius 3 is 1.85 bits per heavy atom. The Labute approximate surface area is 243 Å². The summed E-state index contributed by atoms with van der Waals surface area (Å²) in [4.78, 5) is 42.8. The van der Waals surface area contributed by atoms with E-state index in [2.05, 4.69) is 0 Å². The van der Waals surface area contributed by atoms with Crippen molar-refractivity contribution in [2.75, 3.05) is 16.4 Å². The van der Waals surface area contributed by atoms with Crippen molar-refractivity contribution in [1.82, 2.24) is 0 Å². The van der Waals surface area contributed by atoms with Crippen molar-refractivity contribution in [3.8, 4) is 11.5 Å². The molecule has 1 saturated heterocycles. The molecule has 1 aliphatic rings. The molecule has 0 atom stereocenters. The van der Waals surface area contributed by atoms with Crippen LogP contribution in [0.5, 0.6) is 11.5 Å². The fourth-order valence-electron chi connectivity index (χ4n) is 4.42. The van der Waals surface area contributed by atoms with Gasteiger partial charge in [-0.3, -0.25) is 9.59 Å². The molecule has 0 N–H and O–H groups in total. The summed E-state index contributed by atoms with van der Waals surface area (Å²) in [6.07, 6.45) is 1.42. The van der Waals surface area contributed by atoms with Crippen molar-refractivity contribution in [2.24, 2.45) is 0 Å². The number of barbiturate groups is 1. The summed E-state index contributed by atoms with van der Waals surface area (Å²) in [5, 5.41) is 0.251. The zero-order chi connectivity index (χ0) is 28.9. The molecule has 4 aromatic rings. The Morgan fingerprint density at radius 2 is 1.32 bits per heavy atom. The number of amides is 4. The van der Waals surface area contributed by atoms with Crippen molar-refractivity contribution in [2.45, 2.75) is 20.5 Å². The van der Waals surface area contributed by atoms with Crippen LogP contribution in [0.25, 0.3) is 6.08 Å². The molecule has 0 radical (unpaired) electrons. The number of aryl methyl sites for hydroxylation is 1. The minimum Gasteiger partial charge on any atom is -0.490 e. The Bertz CT molecular complexity index is 1560. The number of imide groups is 2. The van der Waals surface area contributed by atoms with Gasteiger partial charge in [0.2, 0.25) is 0 Å². The molecule has 1 fully saturated rings. The zero-order valence-corrected chi connectivity index (χ0v) is 23.3. The third kappa shape index (κ3) is 5.85. The SMILES string of the molecule is CCOc1cc(C=C2C(=O)N(c3ccccc3)C(=O)N(c3ccccc3)C2=O)cc(Cl)c1OCc1ccc(C)cc1. The highest BCUT2D eigenvalue weighted by Gasteiger charge is 2.43. The Morgan fingerprint density at radius 1 is 0.756 bits per heavy atom. The topological polar surface area (TPSA) is 76.2 Å². The fourth-order valence-corrected chi connectivity index (χ4v) is 4.69. The van der Waals surface area contributed by atoms with E-state index in [0.717, 1.165) is 20.9 Å². The van der Waals surface area contributed by atoms with E-state index < -0.39 is 17.8 Å². The third-order valence-electron chi connectivity index (χ3n) is 6.42. The summed E-state index contributed by atoms with van der Waals surface area (Å²) >= 11 is 6.65. The molecule has 1 aliphatic heterocycles. The maximum absolute atomic E-state index is 13.7. The minimum atomic E-state index is -0.762. The van der Waals surface area contributed by atoms with Gasteiger partial charge < -0.3 is 9.47 Å². The Hall–Kier alpha value is -4.88. The summed E-state index contributed by atoms with van der Waals surface area (Å²) in [6.45, 7) is 4.46. The number of urea groups is 1. The van der Waals surface area contributed by atoms with Crippen LogP contribution >= 0.6 is 11.6 Å². The normalized spacial score (nSPS) is 13.4. The highest BCUT2D eigenvalue weighted by atomic mass is 35.5. The van der Waals surface area contributed by atoms with Crippen molar-refractivity contribution in [3.05, 3.63) is 124 Å². The number of carbonyl (C=O) groups excluding carboxylic acids is 3. The van der Waals surface area contributed by atoms with Crippen LogP contribution < -0.4 is 19.3 Å². The molecule has 0 saturated carbocycles. The number of rotatable bonds is 8. The molecule has 0 bridgehead atoms. The van der Waals surface area contributed by atoms with Crippen LogP contribution in [0.15, 0.2) is 103 Å². The summed E-state index contributed by atoms with van der Waals surface area (Å²) in [6, 6.07) is 27.4. The number of carbonyl (C=O) groups is 3. The van der Waals surface area contributed by atoms with Crippen LogP contribution in [0.4, 0.5) is 16.2 Å². The van der Waals surface area contributed by atoms with E-state index in [4.69, 9.17) is 21.1 Å². The van der Waals surface area contributed by atoms with Gasteiger partial charge >= 0.3 is 6.03 Å². The number of nitrogens with zero attached hydrogens (tertiary/aromatic N) is 2. The van der Waals surface area contributed by atoms with Gasteiger partial charge in [-0.15, -0.1) is 0 Å². The van der Waals surface area contributed by atoms with Gasteiger partial charge in [-0.25, -0.2) is 14.6 Å². The number of para-hydroxylation sites is 2. The number of halogens is 1. The first-order chi connectivity index (χ1) is 19.9. The Balaban J connectivity index is 1.55. The number of benzene rings is 4. The number of hydrogen-bond donors (Lipinski definition) is 0. The van der Waals surface area contributed by atoms with E-state index in [0.29, 0.717) is 35.0 Å². The van der Waals surface area contributed by atoms with Crippen LogP contribution in [-0.2, 0) is 16.2 Å². The molecular weight excluding hydrogens is 540 g/mol. The van der Waals surface area contributed by atoms with Crippen LogP contribution in [-0.4, -0.2) is 24.5 Å². The van der Waals surface area contributed by atoms with Crippen molar-refractivity contribution in [1.29, 1.82) is 0 Å². The molecule has 5 rings (SSSR count). The maximum Gasteiger partial charge on any atom is 0.343 e. The van der Waals surface area contributed by atoms with Gasteiger partial charge in [-0.05, 0) is 67.4 Å². The molecule has 0 unspecified atom stereocenters. The first kappa shape index (κ1) is 27.7. The lowest BCUT2D eigenvalue weighted by atomic mass is 10.0. The van der Waals surface area contributed by atoms with E-state index in [1.54, 1.807) is 72.8 Å². The van der Waals surface area contributed by atoms with E-state index in [9.17, 15) is 14.4 Å². The predicted octanol–water partition coefficient (Wildman–Crippen LogP) is 7.21. The minimum absolute atomic E-state index is 0.204. The Kier molecular flexibility index (Phi) is 8.17. The maximum atomic E-state index is 13.7. The summed E-state index contributed by atoms with van der Waals surface area (Å²) < 4.78 is 11.8.